The number of alkyl halides is 4. The van der Waals surface area contributed by atoms with Gasteiger partial charge in [0.2, 0.25) is 0 Å². The fraction of sp³-hybridized carbons (Fsp3) is 0.357. The molecular formula is C28H22F10O3. The van der Waals surface area contributed by atoms with Crippen molar-refractivity contribution in [1.82, 2.24) is 0 Å². The molecule has 1 aliphatic heterocycles. The molecule has 1 aliphatic rings. The topological polar surface area (TPSA) is 27.7 Å². The van der Waals surface area contributed by atoms with Crippen molar-refractivity contribution in [1.29, 1.82) is 0 Å². The second-order valence-corrected chi connectivity index (χ2v) is 9.49. The minimum Gasteiger partial charge on any atom is -0.431 e. The number of ether oxygens (including phenoxy) is 3. The summed E-state index contributed by atoms with van der Waals surface area (Å²) in [5.41, 5.74) is -3.12. The Hall–Kier alpha value is -3.48. The smallest absolute Gasteiger partial charge is 0.431 e. The van der Waals surface area contributed by atoms with Crippen LogP contribution in [-0.4, -0.2) is 18.8 Å². The van der Waals surface area contributed by atoms with Gasteiger partial charge in [0.25, 0.3) is 0 Å². The molecule has 41 heavy (non-hydrogen) atoms. The van der Waals surface area contributed by atoms with Crippen molar-refractivity contribution >= 4 is 0 Å². The summed E-state index contributed by atoms with van der Waals surface area (Å²) in [6.45, 7) is 2.09. The van der Waals surface area contributed by atoms with Gasteiger partial charge in [-0.1, -0.05) is 13.3 Å². The van der Waals surface area contributed by atoms with Crippen molar-refractivity contribution < 1.29 is 58.1 Å². The van der Waals surface area contributed by atoms with Crippen LogP contribution in [0.15, 0.2) is 42.5 Å². The van der Waals surface area contributed by atoms with E-state index in [1.165, 1.54) is 0 Å². The first-order chi connectivity index (χ1) is 19.2. The zero-order valence-corrected chi connectivity index (χ0v) is 21.2. The third-order valence-electron chi connectivity index (χ3n) is 6.48. The molecule has 0 saturated carbocycles. The zero-order valence-electron chi connectivity index (χ0n) is 21.2. The molecular weight excluding hydrogens is 574 g/mol. The summed E-state index contributed by atoms with van der Waals surface area (Å²) in [6, 6.07) is 3.01. The van der Waals surface area contributed by atoms with E-state index in [-0.39, 0.29) is 31.1 Å². The second kappa shape index (κ2) is 11.8. The number of halogens is 10. The first kappa shape index (κ1) is 30.5. The molecule has 1 heterocycles. The number of hydrogen-bond acceptors (Lipinski definition) is 3. The minimum atomic E-state index is -4.84. The molecule has 3 nitrogen and oxygen atoms in total. The molecule has 1 fully saturated rings. The van der Waals surface area contributed by atoms with E-state index in [9.17, 15) is 43.9 Å². The molecule has 0 amide bonds. The Morgan fingerprint density at radius 3 is 1.90 bits per heavy atom. The molecule has 222 valence electrons. The second-order valence-electron chi connectivity index (χ2n) is 9.49. The van der Waals surface area contributed by atoms with Gasteiger partial charge < -0.3 is 14.2 Å². The van der Waals surface area contributed by atoms with Gasteiger partial charge in [-0.3, -0.25) is 0 Å². The Bertz CT molecular complexity index is 1360. The summed E-state index contributed by atoms with van der Waals surface area (Å²) in [5.74, 6) is -12.6. The molecule has 4 rings (SSSR count). The quantitative estimate of drug-likeness (QED) is 0.183. The van der Waals surface area contributed by atoms with Gasteiger partial charge in [-0.05, 0) is 55.0 Å². The van der Waals surface area contributed by atoms with Gasteiger partial charge in [0.05, 0.1) is 6.61 Å². The lowest BCUT2D eigenvalue weighted by Crippen LogP contribution is -2.44. The van der Waals surface area contributed by atoms with Crippen LogP contribution in [0.5, 0.6) is 11.5 Å². The van der Waals surface area contributed by atoms with Crippen LogP contribution in [0.2, 0.25) is 0 Å². The van der Waals surface area contributed by atoms with E-state index in [2.05, 4.69) is 9.47 Å². The first-order valence-electron chi connectivity index (χ1n) is 12.4. The zero-order chi connectivity index (χ0) is 30.1. The SMILES string of the molecule is CCCC1CCC(C(F)(F)Oc2ccc(-c3cc(F)c(C(F)(F)Oc4cc(F)c(F)c(F)c4)c(F)c3)c(F)c2)OC1. The minimum absolute atomic E-state index is 0.0164. The molecule has 2 atom stereocenters. The lowest BCUT2D eigenvalue weighted by atomic mass is 9.94. The van der Waals surface area contributed by atoms with Crippen LogP contribution in [-0.2, 0) is 10.8 Å². The third-order valence-corrected chi connectivity index (χ3v) is 6.48. The fourth-order valence-electron chi connectivity index (χ4n) is 4.52. The summed E-state index contributed by atoms with van der Waals surface area (Å²) in [5, 5.41) is 0. The number of rotatable bonds is 9. The van der Waals surface area contributed by atoms with E-state index in [1.807, 2.05) is 6.92 Å². The lowest BCUT2D eigenvalue weighted by Gasteiger charge is -2.33. The van der Waals surface area contributed by atoms with Gasteiger partial charge in [0.15, 0.2) is 23.6 Å². The van der Waals surface area contributed by atoms with E-state index >= 15 is 0 Å². The standard InChI is InChI=1S/C28H22F10O3/c1-2-3-14-4-7-24(39-13-14)27(35,36)40-16-5-6-18(19(29)10-16)15-8-20(30)25(21(31)9-15)28(37,38)41-17-11-22(32)26(34)23(33)12-17/h5-6,8-12,14,24H,2-4,7,13H2,1H3. The molecule has 0 bridgehead atoms. The van der Waals surface area contributed by atoms with Crippen molar-refractivity contribution in [2.45, 2.75) is 50.9 Å². The number of hydrogen-bond donors (Lipinski definition) is 0. The van der Waals surface area contributed by atoms with Crippen molar-refractivity contribution in [3.8, 4) is 22.6 Å². The Kier molecular flexibility index (Phi) is 8.76. The van der Waals surface area contributed by atoms with Crippen LogP contribution in [0, 0.1) is 40.8 Å². The van der Waals surface area contributed by atoms with Crippen LogP contribution in [0.25, 0.3) is 11.1 Å². The van der Waals surface area contributed by atoms with Crippen LogP contribution >= 0.6 is 0 Å². The highest BCUT2D eigenvalue weighted by molar-refractivity contribution is 5.66. The highest BCUT2D eigenvalue weighted by Gasteiger charge is 2.46. The monoisotopic (exact) mass is 596 g/mol. The summed E-state index contributed by atoms with van der Waals surface area (Å²) in [7, 11) is 0. The van der Waals surface area contributed by atoms with Gasteiger partial charge in [0, 0.05) is 23.8 Å². The van der Waals surface area contributed by atoms with Crippen molar-refractivity contribution in [3.05, 3.63) is 82.9 Å². The van der Waals surface area contributed by atoms with E-state index in [0.29, 0.717) is 24.6 Å². The first-order valence-corrected chi connectivity index (χ1v) is 12.4. The maximum absolute atomic E-state index is 14.8. The average Bonchev–Trinajstić information content (AvgIpc) is 2.86. The fourth-order valence-corrected chi connectivity index (χ4v) is 4.52. The maximum Gasteiger partial charge on any atom is 0.432 e. The Morgan fingerprint density at radius 1 is 0.756 bits per heavy atom. The predicted octanol–water partition coefficient (Wildman–Crippen LogP) is 8.88. The van der Waals surface area contributed by atoms with Gasteiger partial charge in [-0.15, -0.1) is 0 Å². The van der Waals surface area contributed by atoms with Crippen molar-refractivity contribution in [2.24, 2.45) is 5.92 Å². The lowest BCUT2D eigenvalue weighted by molar-refractivity contribution is -0.265. The van der Waals surface area contributed by atoms with Gasteiger partial charge in [0.1, 0.15) is 34.5 Å². The summed E-state index contributed by atoms with van der Waals surface area (Å²) < 4.78 is 156. The van der Waals surface area contributed by atoms with Crippen molar-refractivity contribution in [2.75, 3.05) is 6.61 Å². The summed E-state index contributed by atoms with van der Waals surface area (Å²) >= 11 is 0. The molecule has 0 N–H and O–H groups in total. The molecule has 3 aromatic rings. The molecule has 3 aromatic carbocycles. The molecule has 13 heteroatoms. The largest absolute Gasteiger partial charge is 0.432 e. The summed E-state index contributed by atoms with van der Waals surface area (Å²) in [6.07, 6.45) is -8.01. The van der Waals surface area contributed by atoms with Crippen LogP contribution in [0.1, 0.15) is 38.2 Å². The normalized spacial score (nSPS) is 17.9. The highest BCUT2D eigenvalue weighted by Crippen LogP contribution is 2.39. The molecule has 0 aliphatic carbocycles. The Balaban J connectivity index is 1.52. The van der Waals surface area contributed by atoms with Crippen LogP contribution in [0.4, 0.5) is 43.9 Å². The highest BCUT2D eigenvalue weighted by atomic mass is 19.3. The Labute approximate surface area is 227 Å². The number of benzene rings is 3. The molecule has 0 aromatic heterocycles. The molecule has 0 spiro atoms. The van der Waals surface area contributed by atoms with Crippen molar-refractivity contribution in [3.63, 3.8) is 0 Å². The summed E-state index contributed by atoms with van der Waals surface area (Å²) in [4.78, 5) is 0. The van der Waals surface area contributed by atoms with Gasteiger partial charge in [-0.2, -0.15) is 17.6 Å². The van der Waals surface area contributed by atoms with Gasteiger partial charge in [-0.25, -0.2) is 26.3 Å². The molecule has 0 radical (unpaired) electrons. The van der Waals surface area contributed by atoms with E-state index in [4.69, 9.17) is 4.74 Å². The van der Waals surface area contributed by atoms with Crippen LogP contribution in [0.3, 0.4) is 0 Å². The molecule has 2 unspecified atom stereocenters. The van der Waals surface area contributed by atoms with Gasteiger partial charge >= 0.3 is 12.2 Å². The predicted molar refractivity (Wildman–Crippen MR) is 126 cm³/mol. The van der Waals surface area contributed by atoms with E-state index in [0.717, 1.165) is 25.0 Å². The Morgan fingerprint density at radius 2 is 1.37 bits per heavy atom. The molecule has 1 saturated heterocycles. The third kappa shape index (κ3) is 6.71. The van der Waals surface area contributed by atoms with E-state index in [1.54, 1.807) is 0 Å². The van der Waals surface area contributed by atoms with E-state index < -0.39 is 81.4 Å². The van der Waals surface area contributed by atoms with Crippen LogP contribution < -0.4 is 9.47 Å². The maximum atomic E-state index is 14.8. The average molecular weight is 596 g/mol.